The molecule has 1 atom stereocenters. The van der Waals surface area contributed by atoms with Crippen LogP contribution in [0.3, 0.4) is 0 Å². The molecule has 0 aliphatic carbocycles. The first kappa shape index (κ1) is 35.4. The Labute approximate surface area is 293 Å². The van der Waals surface area contributed by atoms with Gasteiger partial charge in [-0.25, -0.2) is 28.4 Å². The molecule has 0 unspecified atom stereocenters. The topological polar surface area (TPSA) is 174 Å². The van der Waals surface area contributed by atoms with Crippen molar-refractivity contribution in [2.75, 3.05) is 69.2 Å². The summed E-state index contributed by atoms with van der Waals surface area (Å²) in [6.07, 6.45) is 5.39. The monoisotopic (exact) mass is 705 g/mol. The average Bonchev–Trinajstić information content (AvgIpc) is 3.41. The number of carbonyl (C=O) groups excluding carboxylic acids is 1. The summed E-state index contributed by atoms with van der Waals surface area (Å²) in [5, 5.41) is 14.4. The fourth-order valence-electron chi connectivity index (χ4n) is 6.09. The van der Waals surface area contributed by atoms with Crippen LogP contribution in [-0.4, -0.2) is 124 Å². The van der Waals surface area contributed by atoms with Crippen molar-refractivity contribution in [1.82, 2.24) is 45.2 Å². The minimum Gasteiger partial charge on any atom is -0.492 e. The number of aromatic amines is 1. The predicted octanol–water partition coefficient (Wildman–Crippen LogP) is 3.10. The normalized spacial score (nSPS) is 17.7. The lowest BCUT2D eigenvalue weighted by Gasteiger charge is -2.34. The standard InChI is InChI=1S/C34H47N11O4S/c1-22-20-45(10-8-35-22)30-19-36-27(18-37-30)33(46)44-13-11-43(12-14-44)9-7-15-49-28-17-26-25(16-29(28)50(47,48)34(4,5)6)32(39-21-38-26)40-31-23(2)24(3)41-42-31/h16-19,21-22,35H,7-15,20H2,1-6H3,(H2,38,39,40,41,42)/t22-/m1/s1. The van der Waals surface area contributed by atoms with Gasteiger partial charge >= 0.3 is 0 Å². The van der Waals surface area contributed by atoms with Gasteiger partial charge in [0.25, 0.3) is 5.91 Å². The summed E-state index contributed by atoms with van der Waals surface area (Å²) in [6, 6.07) is 3.66. The van der Waals surface area contributed by atoms with E-state index in [2.05, 4.69) is 57.5 Å². The van der Waals surface area contributed by atoms with Gasteiger partial charge in [-0.2, -0.15) is 5.10 Å². The van der Waals surface area contributed by atoms with Gasteiger partial charge < -0.3 is 25.2 Å². The fraction of sp³-hybridized carbons (Fsp3) is 0.529. The Hall–Kier alpha value is -4.41. The molecule has 16 heteroatoms. The number of anilines is 3. The molecule has 0 saturated carbocycles. The van der Waals surface area contributed by atoms with Gasteiger partial charge in [0.15, 0.2) is 9.84 Å². The van der Waals surface area contributed by atoms with Gasteiger partial charge in [0, 0.05) is 75.4 Å². The zero-order valence-corrected chi connectivity index (χ0v) is 30.5. The number of ether oxygens (including phenoxy) is 1. The number of fused-ring (bicyclic) bond motifs is 1. The van der Waals surface area contributed by atoms with Crippen LogP contribution in [0.5, 0.6) is 5.75 Å². The molecule has 0 radical (unpaired) electrons. The minimum atomic E-state index is -3.79. The lowest BCUT2D eigenvalue weighted by Crippen LogP contribution is -2.50. The number of amides is 1. The van der Waals surface area contributed by atoms with E-state index in [-0.39, 0.29) is 16.6 Å². The fourth-order valence-corrected chi connectivity index (χ4v) is 7.40. The second-order valence-corrected chi connectivity index (χ2v) is 16.7. The molecule has 3 N–H and O–H groups in total. The van der Waals surface area contributed by atoms with Gasteiger partial charge in [0.1, 0.15) is 40.1 Å². The molecule has 4 aromatic rings. The van der Waals surface area contributed by atoms with Crippen molar-refractivity contribution < 1.29 is 17.9 Å². The summed E-state index contributed by atoms with van der Waals surface area (Å²) in [4.78, 5) is 37.4. The van der Waals surface area contributed by atoms with Crippen LogP contribution in [0.2, 0.25) is 0 Å². The first-order valence-electron chi connectivity index (χ1n) is 17.1. The molecule has 268 valence electrons. The summed E-state index contributed by atoms with van der Waals surface area (Å²) >= 11 is 0. The van der Waals surface area contributed by atoms with Gasteiger partial charge in [-0.1, -0.05) is 0 Å². The molecule has 2 aliphatic heterocycles. The number of aryl methyl sites for hydroxylation is 1. The highest BCUT2D eigenvalue weighted by Gasteiger charge is 2.34. The van der Waals surface area contributed by atoms with Gasteiger partial charge in [0.2, 0.25) is 0 Å². The van der Waals surface area contributed by atoms with Crippen LogP contribution in [0.4, 0.5) is 17.5 Å². The van der Waals surface area contributed by atoms with E-state index in [1.54, 1.807) is 45.3 Å². The largest absolute Gasteiger partial charge is 0.492 e. The Bertz CT molecular complexity index is 1940. The molecule has 2 aliphatic rings. The van der Waals surface area contributed by atoms with E-state index in [0.717, 1.165) is 56.3 Å². The highest BCUT2D eigenvalue weighted by atomic mass is 32.2. The smallest absolute Gasteiger partial charge is 0.274 e. The number of rotatable bonds is 10. The van der Waals surface area contributed by atoms with Crippen LogP contribution in [0.25, 0.3) is 10.9 Å². The van der Waals surface area contributed by atoms with Gasteiger partial charge in [-0.15, -0.1) is 0 Å². The van der Waals surface area contributed by atoms with E-state index in [1.165, 1.54) is 6.33 Å². The van der Waals surface area contributed by atoms with Crippen molar-refractivity contribution in [3.8, 4) is 5.75 Å². The third kappa shape index (κ3) is 7.51. The molecule has 2 saturated heterocycles. The van der Waals surface area contributed by atoms with Crippen LogP contribution in [0.1, 0.15) is 55.9 Å². The Morgan fingerprint density at radius 1 is 1.04 bits per heavy atom. The summed E-state index contributed by atoms with van der Waals surface area (Å²) < 4.78 is 32.7. The van der Waals surface area contributed by atoms with Crippen LogP contribution in [-0.2, 0) is 9.84 Å². The number of sulfone groups is 1. The third-order valence-electron chi connectivity index (χ3n) is 9.38. The van der Waals surface area contributed by atoms with Crippen molar-refractivity contribution >= 4 is 44.1 Å². The number of aromatic nitrogens is 6. The Morgan fingerprint density at radius 2 is 1.82 bits per heavy atom. The lowest BCUT2D eigenvalue weighted by atomic mass is 10.2. The number of piperazine rings is 2. The SMILES string of the molecule is Cc1n[nH]c(Nc2ncnc3cc(OCCCN4CCN(C(=O)c5cnc(N6CCN[C@H](C)C6)cn5)CC4)c(S(=O)(=O)C(C)(C)C)cc23)c1C. The highest BCUT2D eigenvalue weighted by molar-refractivity contribution is 7.92. The molecule has 15 nitrogen and oxygen atoms in total. The zero-order valence-electron chi connectivity index (χ0n) is 29.7. The molecule has 0 spiro atoms. The number of hydrogen-bond donors (Lipinski definition) is 3. The average molecular weight is 706 g/mol. The maximum absolute atomic E-state index is 13.8. The van der Waals surface area contributed by atoms with Crippen molar-refractivity contribution in [1.29, 1.82) is 0 Å². The Kier molecular flexibility index (Phi) is 10.2. The molecule has 3 aromatic heterocycles. The molecule has 2 fully saturated rings. The van der Waals surface area contributed by atoms with Crippen LogP contribution in [0.15, 0.2) is 35.7 Å². The Morgan fingerprint density at radius 3 is 2.48 bits per heavy atom. The van der Waals surface area contributed by atoms with E-state index in [0.29, 0.717) is 60.4 Å². The maximum atomic E-state index is 13.8. The second kappa shape index (κ2) is 14.4. The maximum Gasteiger partial charge on any atom is 0.274 e. The summed E-state index contributed by atoms with van der Waals surface area (Å²) in [5.41, 5.74) is 2.70. The quantitative estimate of drug-likeness (QED) is 0.206. The minimum absolute atomic E-state index is 0.0959. The molecule has 50 heavy (non-hydrogen) atoms. The van der Waals surface area contributed by atoms with Crippen molar-refractivity contribution in [3.05, 3.63) is 47.8 Å². The van der Waals surface area contributed by atoms with Gasteiger partial charge in [-0.3, -0.25) is 14.8 Å². The number of H-pyrrole nitrogens is 1. The van der Waals surface area contributed by atoms with Crippen molar-refractivity contribution in [3.63, 3.8) is 0 Å². The molecular formula is C34H47N11O4S. The van der Waals surface area contributed by atoms with Crippen molar-refractivity contribution in [2.24, 2.45) is 0 Å². The highest BCUT2D eigenvalue weighted by Crippen LogP contribution is 2.37. The Balaban J connectivity index is 1.07. The molecule has 6 rings (SSSR count). The lowest BCUT2D eigenvalue weighted by molar-refractivity contribution is 0.0624. The summed E-state index contributed by atoms with van der Waals surface area (Å²) in [5.74, 6) is 2.09. The van der Waals surface area contributed by atoms with E-state index >= 15 is 0 Å². The molecule has 1 aromatic carbocycles. The summed E-state index contributed by atoms with van der Waals surface area (Å²) in [6.45, 7) is 17.3. The van der Waals surface area contributed by atoms with E-state index < -0.39 is 14.6 Å². The van der Waals surface area contributed by atoms with Gasteiger partial charge in [0.05, 0.1) is 35.0 Å². The molecular weight excluding hydrogens is 659 g/mol. The van der Waals surface area contributed by atoms with Crippen LogP contribution in [0, 0.1) is 13.8 Å². The first-order valence-corrected chi connectivity index (χ1v) is 18.6. The second-order valence-electron chi connectivity index (χ2n) is 14.0. The number of hydrogen-bond acceptors (Lipinski definition) is 13. The van der Waals surface area contributed by atoms with Gasteiger partial charge in [-0.05, 0) is 54.0 Å². The first-order chi connectivity index (χ1) is 23.8. The van der Waals surface area contributed by atoms with E-state index in [1.807, 2.05) is 18.7 Å². The number of benzene rings is 1. The van der Waals surface area contributed by atoms with Crippen molar-refractivity contribution in [2.45, 2.75) is 63.6 Å². The predicted molar refractivity (Wildman–Crippen MR) is 192 cm³/mol. The zero-order chi connectivity index (χ0) is 35.6. The number of nitrogens with one attached hydrogen (secondary N) is 3. The number of carbonyl (C=O) groups is 1. The van der Waals surface area contributed by atoms with Crippen LogP contribution < -0.4 is 20.3 Å². The van der Waals surface area contributed by atoms with E-state index in [4.69, 9.17) is 4.74 Å². The van der Waals surface area contributed by atoms with Crippen LogP contribution >= 0.6 is 0 Å². The summed E-state index contributed by atoms with van der Waals surface area (Å²) in [7, 11) is -3.79. The molecule has 5 heterocycles. The molecule has 0 bridgehead atoms. The third-order valence-corrected chi connectivity index (χ3v) is 11.9. The molecule has 1 amide bonds. The number of nitrogens with zero attached hydrogens (tertiary/aromatic N) is 8. The van der Waals surface area contributed by atoms with E-state index in [9.17, 15) is 13.2 Å².